The van der Waals surface area contributed by atoms with Gasteiger partial charge in [-0.3, -0.25) is 4.79 Å². The minimum atomic E-state index is -4.14. The SMILES string of the molecule is O=C1C(C2=NS(=O)(=O)c3cc(CNCl)ccc3N2)=C(O)C2C([C@@H]3CC[C@H]2C3)N1Cc1ccc(F)cc1. The standard InChI is InChI=1S/C25H24ClFN4O4S/c26-28-11-14-3-8-18-19(9-14)36(34,35)30-24(29-18)21-23(32)20-15-4-5-16(10-15)22(20)31(25(21)33)12-13-1-6-17(27)7-2-13/h1-3,6-9,15-16,20,22,28,32H,4-5,10-12H2,(H,29,30)/t15-,16+,20?,22?/m0/s1. The van der Waals surface area contributed by atoms with E-state index >= 15 is 0 Å². The van der Waals surface area contributed by atoms with Gasteiger partial charge < -0.3 is 15.3 Å². The van der Waals surface area contributed by atoms with E-state index in [9.17, 15) is 22.7 Å². The lowest BCUT2D eigenvalue weighted by Crippen LogP contribution is -2.53. The van der Waals surface area contributed by atoms with Crippen molar-refractivity contribution in [2.24, 2.45) is 22.2 Å². The van der Waals surface area contributed by atoms with E-state index in [2.05, 4.69) is 14.6 Å². The summed E-state index contributed by atoms with van der Waals surface area (Å²) in [6.45, 7) is 0.487. The fourth-order valence-electron chi connectivity index (χ4n) is 6.33. The van der Waals surface area contributed by atoms with Crippen LogP contribution in [0, 0.1) is 23.6 Å². The zero-order valence-corrected chi connectivity index (χ0v) is 20.7. The summed E-state index contributed by atoms with van der Waals surface area (Å²) in [7, 11) is -4.14. The third-order valence-electron chi connectivity index (χ3n) is 7.84. The summed E-state index contributed by atoms with van der Waals surface area (Å²) in [5.41, 5.74) is 1.56. The molecule has 2 heterocycles. The van der Waals surface area contributed by atoms with Crippen molar-refractivity contribution < 1.29 is 22.7 Å². The zero-order chi connectivity index (χ0) is 25.2. The maximum Gasteiger partial charge on any atom is 0.286 e. The van der Waals surface area contributed by atoms with Crippen LogP contribution in [0.25, 0.3) is 0 Å². The Kier molecular flexibility index (Phi) is 5.58. The van der Waals surface area contributed by atoms with Crippen molar-refractivity contribution in [1.29, 1.82) is 0 Å². The number of aliphatic hydroxyl groups excluding tert-OH is 1. The molecule has 2 aromatic rings. The quantitative estimate of drug-likeness (QED) is 0.506. The minimum absolute atomic E-state index is 0.0278. The van der Waals surface area contributed by atoms with Crippen molar-refractivity contribution in [2.75, 3.05) is 5.32 Å². The molecule has 0 spiro atoms. The smallest absolute Gasteiger partial charge is 0.286 e. The number of rotatable bonds is 5. The number of carbonyl (C=O) groups excluding carboxylic acids is 1. The highest BCUT2D eigenvalue weighted by Crippen LogP contribution is 2.55. The predicted octanol–water partition coefficient (Wildman–Crippen LogP) is 3.85. The van der Waals surface area contributed by atoms with Crippen molar-refractivity contribution in [3.63, 3.8) is 0 Å². The molecular formula is C25H24ClFN4O4S. The van der Waals surface area contributed by atoms with Crippen LogP contribution in [-0.4, -0.2) is 36.2 Å². The fourth-order valence-corrected chi connectivity index (χ4v) is 7.66. The zero-order valence-electron chi connectivity index (χ0n) is 19.1. The molecule has 2 aliphatic carbocycles. The second-order valence-electron chi connectivity index (χ2n) is 9.85. The van der Waals surface area contributed by atoms with Gasteiger partial charge in [-0.05, 0) is 78.3 Å². The number of benzene rings is 2. The van der Waals surface area contributed by atoms with Crippen LogP contribution >= 0.6 is 11.8 Å². The molecule has 8 nitrogen and oxygen atoms in total. The maximum atomic E-state index is 13.9. The Morgan fingerprint density at radius 2 is 1.86 bits per heavy atom. The lowest BCUT2D eigenvalue weighted by molar-refractivity contribution is -0.134. The molecule has 3 N–H and O–H groups in total. The third kappa shape index (κ3) is 3.70. The molecule has 0 radical (unpaired) electrons. The monoisotopic (exact) mass is 530 g/mol. The number of fused-ring (bicyclic) bond motifs is 6. The van der Waals surface area contributed by atoms with E-state index in [1.807, 2.05) is 0 Å². The summed E-state index contributed by atoms with van der Waals surface area (Å²) in [5.74, 6) is -0.959. The number of nitrogens with one attached hydrogen (secondary N) is 2. The molecule has 2 saturated carbocycles. The van der Waals surface area contributed by atoms with Crippen molar-refractivity contribution in [3.05, 3.63) is 70.7 Å². The van der Waals surface area contributed by atoms with Gasteiger partial charge in [0.15, 0.2) is 5.84 Å². The first kappa shape index (κ1) is 23.4. The van der Waals surface area contributed by atoms with Gasteiger partial charge in [-0.25, -0.2) is 9.23 Å². The lowest BCUT2D eigenvalue weighted by atomic mass is 9.77. The molecule has 2 fully saturated rings. The molecular weight excluding hydrogens is 507 g/mol. The van der Waals surface area contributed by atoms with Crippen LogP contribution in [0.3, 0.4) is 0 Å². The normalized spacial score (nSPS) is 28.0. The molecule has 2 unspecified atom stereocenters. The molecule has 6 rings (SSSR count). The van der Waals surface area contributed by atoms with Crippen molar-refractivity contribution >= 4 is 39.2 Å². The van der Waals surface area contributed by atoms with Crippen LogP contribution in [0.15, 0.2) is 63.1 Å². The van der Waals surface area contributed by atoms with Crippen LogP contribution in [0.2, 0.25) is 0 Å². The third-order valence-corrected chi connectivity index (χ3v) is 9.29. The largest absolute Gasteiger partial charge is 0.511 e. The molecule has 4 atom stereocenters. The number of aliphatic hydroxyl groups is 1. The van der Waals surface area contributed by atoms with E-state index in [0.717, 1.165) is 24.8 Å². The van der Waals surface area contributed by atoms with E-state index < -0.39 is 15.9 Å². The van der Waals surface area contributed by atoms with Gasteiger partial charge in [-0.2, -0.15) is 8.42 Å². The molecule has 0 aromatic heterocycles. The van der Waals surface area contributed by atoms with Gasteiger partial charge in [0.05, 0.1) is 5.69 Å². The van der Waals surface area contributed by atoms with E-state index in [4.69, 9.17) is 11.8 Å². The lowest BCUT2D eigenvalue weighted by Gasteiger charge is -2.44. The highest BCUT2D eigenvalue weighted by molar-refractivity contribution is 7.90. The fraction of sp³-hybridized carbons (Fsp3) is 0.360. The number of carbonyl (C=O) groups is 1. The van der Waals surface area contributed by atoms with Gasteiger partial charge in [0.1, 0.15) is 22.0 Å². The maximum absolute atomic E-state index is 13.9. The van der Waals surface area contributed by atoms with E-state index in [1.165, 1.54) is 18.2 Å². The topological polar surface area (TPSA) is 111 Å². The summed E-state index contributed by atoms with van der Waals surface area (Å²) in [4.78, 5) is 18.0. The van der Waals surface area contributed by atoms with Gasteiger partial charge in [0.2, 0.25) is 0 Å². The number of amidine groups is 1. The number of hydrogen-bond donors (Lipinski definition) is 3. The number of halogens is 2. The Morgan fingerprint density at radius 1 is 1.14 bits per heavy atom. The average Bonchev–Trinajstić information content (AvgIpc) is 3.46. The van der Waals surface area contributed by atoms with Crippen molar-refractivity contribution in [2.45, 2.75) is 43.3 Å². The Balaban J connectivity index is 1.42. The Hall–Kier alpha value is -2.95. The molecule has 188 valence electrons. The van der Waals surface area contributed by atoms with Crippen LogP contribution in [0.5, 0.6) is 0 Å². The summed E-state index contributed by atoms with van der Waals surface area (Å²) >= 11 is 5.56. The van der Waals surface area contributed by atoms with Gasteiger partial charge in [-0.1, -0.05) is 18.2 Å². The second kappa shape index (κ2) is 8.57. The van der Waals surface area contributed by atoms with Gasteiger partial charge in [0.25, 0.3) is 15.9 Å². The molecule has 36 heavy (non-hydrogen) atoms. The number of anilines is 1. The Morgan fingerprint density at radius 3 is 2.61 bits per heavy atom. The number of sulfonamides is 1. The molecule has 4 aliphatic rings. The molecule has 11 heteroatoms. The molecule has 1 amide bonds. The molecule has 2 aromatic carbocycles. The number of amides is 1. The Labute approximate surface area is 213 Å². The highest BCUT2D eigenvalue weighted by atomic mass is 35.5. The van der Waals surface area contributed by atoms with Crippen LogP contribution < -0.4 is 10.2 Å². The number of hydrogen-bond acceptors (Lipinski definition) is 6. The summed E-state index contributed by atoms with van der Waals surface area (Å²) in [6, 6.07) is 10.5. The average molecular weight is 531 g/mol. The van der Waals surface area contributed by atoms with E-state index in [1.54, 1.807) is 29.2 Å². The van der Waals surface area contributed by atoms with Crippen LogP contribution in [0.1, 0.15) is 30.4 Å². The summed E-state index contributed by atoms with van der Waals surface area (Å²) < 4.78 is 43.6. The predicted molar refractivity (Wildman–Crippen MR) is 132 cm³/mol. The van der Waals surface area contributed by atoms with Gasteiger partial charge in [-0.15, -0.1) is 4.40 Å². The second-order valence-corrected chi connectivity index (χ2v) is 11.7. The van der Waals surface area contributed by atoms with Crippen LogP contribution in [-0.2, 0) is 27.9 Å². The summed E-state index contributed by atoms with van der Waals surface area (Å²) in [5, 5.41) is 14.4. The number of nitrogens with zero attached hydrogens (tertiary/aromatic N) is 2. The highest BCUT2D eigenvalue weighted by Gasteiger charge is 2.57. The van der Waals surface area contributed by atoms with E-state index in [-0.39, 0.29) is 70.5 Å². The molecule has 2 aliphatic heterocycles. The minimum Gasteiger partial charge on any atom is -0.511 e. The molecule has 0 saturated heterocycles. The summed E-state index contributed by atoms with van der Waals surface area (Å²) in [6.07, 6.45) is 2.82. The Bertz CT molecular complexity index is 1430. The van der Waals surface area contributed by atoms with Gasteiger partial charge >= 0.3 is 0 Å². The first-order valence-corrected chi connectivity index (χ1v) is 13.7. The molecule has 2 bridgehead atoms. The first-order valence-electron chi connectivity index (χ1n) is 11.8. The first-order chi connectivity index (χ1) is 17.3. The van der Waals surface area contributed by atoms with E-state index in [0.29, 0.717) is 5.56 Å². The van der Waals surface area contributed by atoms with Crippen molar-refractivity contribution in [3.8, 4) is 0 Å². The van der Waals surface area contributed by atoms with Crippen molar-refractivity contribution in [1.82, 2.24) is 9.74 Å². The van der Waals surface area contributed by atoms with Crippen LogP contribution in [0.4, 0.5) is 10.1 Å². The van der Waals surface area contributed by atoms with Gasteiger partial charge in [0, 0.05) is 25.0 Å².